The molecule has 2 aromatic carbocycles. The summed E-state index contributed by atoms with van der Waals surface area (Å²) in [4.78, 5) is 47.3. The summed E-state index contributed by atoms with van der Waals surface area (Å²) in [6.45, 7) is -1.18. The van der Waals surface area contributed by atoms with Crippen LogP contribution in [-0.2, 0) is 18.9 Å². The number of carbonyl (C=O) groups excluding carboxylic acids is 4. The predicted molar refractivity (Wildman–Crippen MR) is 108 cm³/mol. The highest BCUT2D eigenvalue weighted by molar-refractivity contribution is 5.94. The monoisotopic (exact) mass is 446 g/mol. The van der Waals surface area contributed by atoms with E-state index < -0.39 is 23.9 Å². The van der Waals surface area contributed by atoms with Crippen molar-refractivity contribution in [3.05, 3.63) is 70.8 Å². The molecule has 32 heavy (non-hydrogen) atoms. The second kappa shape index (κ2) is 12.8. The highest BCUT2D eigenvalue weighted by Crippen LogP contribution is 2.09. The summed E-state index contributed by atoms with van der Waals surface area (Å²) >= 11 is 0. The smallest absolute Gasteiger partial charge is 0.338 e. The molecule has 0 aliphatic carbocycles. The van der Waals surface area contributed by atoms with Gasteiger partial charge in [-0.1, -0.05) is 0 Å². The van der Waals surface area contributed by atoms with Gasteiger partial charge in [0.15, 0.2) is 0 Å². The average Bonchev–Trinajstić information content (AvgIpc) is 2.83. The fourth-order valence-electron chi connectivity index (χ4n) is 2.36. The van der Waals surface area contributed by atoms with Crippen molar-refractivity contribution in [3.8, 4) is 0 Å². The van der Waals surface area contributed by atoms with Gasteiger partial charge in [0, 0.05) is 0 Å². The third-order valence-electron chi connectivity index (χ3n) is 3.91. The molecule has 0 aliphatic heterocycles. The lowest BCUT2D eigenvalue weighted by atomic mass is 10.1. The number of esters is 4. The Morgan fingerprint density at radius 2 is 0.688 bits per heavy atom. The molecule has 0 radical (unpaired) electrons. The lowest BCUT2D eigenvalue weighted by molar-refractivity contribution is 0.0265. The van der Waals surface area contributed by atoms with Gasteiger partial charge in [0.2, 0.25) is 0 Å². The van der Waals surface area contributed by atoms with Gasteiger partial charge < -0.3 is 29.2 Å². The average molecular weight is 446 g/mol. The molecular formula is C22H22O10. The second-order valence-corrected chi connectivity index (χ2v) is 6.15. The van der Waals surface area contributed by atoms with Crippen LogP contribution in [0.3, 0.4) is 0 Å². The van der Waals surface area contributed by atoms with Crippen molar-refractivity contribution in [1.29, 1.82) is 0 Å². The standard InChI is InChI=1S/C22H22O10/c23-9-11-29-19(25)15-1-5-17(6-2-15)21(27)31-13-14-32-22(28)18-7-3-16(4-8-18)20(26)30-12-10-24/h1-8,23-24H,9-14H2. The summed E-state index contributed by atoms with van der Waals surface area (Å²) in [6.07, 6.45) is 0. The summed E-state index contributed by atoms with van der Waals surface area (Å²) in [7, 11) is 0. The Labute approximate surface area is 183 Å². The van der Waals surface area contributed by atoms with E-state index in [2.05, 4.69) is 0 Å². The van der Waals surface area contributed by atoms with Crippen LogP contribution >= 0.6 is 0 Å². The molecule has 0 heterocycles. The van der Waals surface area contributed by atoms with E-state index in [0.717, 1.165) is 0 Å². The molecule has 2 N–H and O–H groups in total. The zero-order valence-corrected chi connectivity index (χ0v) is 17.0. The van der Waals surface area contributed by atoms with E-state index in [1.807, 2.05) is 0 Å². The number of rotatable bonds is 11. The maximum atomic E-state index is 12.0. The molecule has 0 unspecified atom stereocenters. The van der Waals surface area contributed by atoms with Crippen LogP contribution in [0, 0.1) is 0 Å². The van der Waals surface area contributed by atoms with Gasteiger partial charge in [-0.15, -0.1) is 0 Å². The van der Waals surface area contributed by atoms with Crippen LogP contribution in [-0.4, -0.2) is 73.7 Å². The van der Waals surface area contributed by atoms with E-state index in [9.17, 15) is 19.2 Å². The number of aliphatic hydroxyl groups excluding tert-OH is 2. The fraction of sp³-hybridized carbons (Fsp3) is 0.273. The van der Waals surface area contributed by atoms with Crippen molar-refractivity contribution >= 4 is 23.9 Å². The highest BCUT2D eigenvalue weighted by atomic mass is 16.6. The zero-order chi connectivity index (χ0) is 23.3. The summed E-state index contributed by atoms with van der Waals surface area (Å²) in [6, 6.07) is 11.1. The van der Waals surface area contributed by atoms with Crippen molar-refractivity contribution in [2.45, 2.75) is 0 Å². The topological polar surface area (TPSA) is 146 Å². The Kier molecular flexibility index (Phi) is 9.82. The largest absolute Gasteiger partial charge is 0.460 e. The molecule has 0 spiro atoms. The molecule has 0 aromatic heterocycles. The van der Waals surface area contributed by atoms with Gasteiger partial charge in [0.05, 0.1) is 35.5 Å². The van der Waals surface area contributed by atoms with Gasteiger partial charge >= 0.3 is 23.9 Å². The highest BCUT2D eigenvalue weighted by Gasteiger charge is 2.13. The molecule has 10 heteroatoms. The van der Waals surface area contributed by atoms with E-state index in [-0.39, 0.29) is 61.9 Å². The van der Waals surface area contributed by atoms with E-state index in [1.54, 1.807) is 0 Å². The van der Waals surface area contributed by atoms with Crippen molar-refractivity contribution in [2.75, 3.05) is 39.6 Å². The van der Waals surface area contributed by atoms with Gasteiger partial charge in [-0.3, -0.25) is 0 Å². The molecule has 170 valence electrons. The van der Waals surface area contributed by atoms with Crippen LogP contribution in [0.4, 0.5) is 0 Å². The minimum Gasteiger partial charge on any atom is -0.460 e. The quantitative estimate of drug-likeness (QED) is 0.291. The molecule has 0 amide bonds. The third kappa shape index (κ3) is 7.49. The Bertz CT molecular complexity index is 841. The SMILES string of the molecule is O=C(OCCO)c1ccc(C(=O)OCCOC(=O)c2ccc(C(=O)OCCO)cc2)cc1. The fourth-order valence-corrected chi connectivity index (χ4v) is 2.36. The number of benzene rings is 2. The number of carbonyl (C=O) groups is 4. The molecule has 0 saturated carbocycles. The second-order valence-electron chi connectivity index (χ2n) is 6.15. The Balaban J connectivity index is 1.75. The van der Waals surface area contributed by atoms with Crippen molar-refractivity contribution in [2.24, 2.45) is 0 Å². The van der Waals surface area contributed by atoms with Crippen molar-refractivity contribution < 1.29 is 48.3 Å². The molecule has 0 aliphatic rings. The van der Waals surface area contributed by atoms with Gasteiger partial charge in [0.25, 0.3) is 0 Å². The van der Waals surface area contributed by atoms with E-state index in [1.165, 1.54) is 48.5 Å². The van der Waals surface area contributed by atoms with Crippen molar-refractivity contribution in [1.82, 2.24) is 0 Å². The predicted octanol–water partition coefficient (Wildman–Crippen LogP) is 0.999. The maximum absolute atomic E-state index is 12.0. The molecule has 0 bridgehead atoms. The van der Waals surface area contributed by atoms with Crippen LogP contribution < -0.4 is 0 Å². The van der Waals surface area contributed by atoms with Crippen LogP contribution in [0.25, 0.3) is 0 Å². The normalized spacial score (nSPS) is 10.2. The lowest BCUT2D eigenvalue weighted by Gasteiger charge is -2.08. The lowest BCUT2D eigenvalue weighted by Crippen LogP contribution is -2.15. The van der Waals surface area contributed by atoms with E-state index in [4.69, 9.17) is 29.2 Å². The first-order chi connectivity index (χ1) is 15.5. The molecule has 10 nitrogen and oxygen atoms in total. The van der Waals surface area contributed by atoms with Crippen LogP contribution in [0.15, 0.2) is 48.5 Å². The van der Waals surface area contributed by atoms with Gasteiger partial charge in [-0.2, -0.15) is 0 Å². The molecule has 2 rings (SSSR count). The first-order valence-electron chi connectivity index (χ1n) is 9.56. The third-order valence-corrected chi connectivity index (χ3v) is 3.91. The van der Waals surface area contributed by atoms with Crippen LogP contribution in [0.2, 0.25) is 0 Å². The Morgan fingerprint density at radius 3 is 0.906 bits per heavy atom. The first kappa shape index (κ1) is 24.5. The first-order valence-corrected chi connectivity index (χ1v) is 9.56. The molecule has 0 fully saturated rings. The molecular weight excluding hydrogens is 424 g/mol. The number of hydrogen-bond donors (Lipinski definition) is 2. The zero-order valence-electron chi connectivity index (χ0n) is 17.0. The van der Waals surface area contributed by atoms with E-state index in [0.29, 0.717) is 0 Å². The number of aliphatic hydroxyl groups is 2. The molecule has 0 atom stereocenters. The Morgan fingerprint density at radius 1 is 0.469 bits per heavy atom. The summed E-state index contributed by atoms with van der Waals surface area (Å²) in [5.74, 6) is -2.58. The molecule has 0 saturated heterocycles. The Hall–Kier alpha value is -3.76. The summed E-state index contributed by atoms with van der Waals surface area (Å²) in [5.41, 5.74) is 0.825. The van der Waals surface area contributed by atoms with Gasteiger partial charge in [-0.25, -0.2) is 19.2 Å². The number of ether oxygens (including phenoxy) is 4. The maximum Gasteiger partial charge on any atom is 0.338 e. The molecule has 2 aromatic rings. The van der Waals surface area contributed by atoms with Crippen LogP contribution in [0.1, 0.15) is 41.4 Å². The summed E-state index contributed by atoms with van der Waals surface area (Å²) in [5, 5.41) is 17.3. The minimum absolute atomic E-state index is 0.122. The van der Waals surface area contributed by atoms with Gasteiger partial charge in [0.1, 0.15) is 26.4 Å². The van der Waals surface area contributed by atoms with Gasteiger partial charge in [-0.05, 0) is 48.5 Å². The van der Waals surface area contributed by atoms with Crippen LogP contribution in [0.5, 0.6) is 0 Å². The van der Waals surface area contributed by atoms with E-state index >= 15 is 0 Å². The van der Waals surface area contributed by atoms with Crippen molar-refractivity contribution in [3.63, 3.8) is 0 Å². The summed E-state index contributed by atoms with van der Waals surface area (Å²) < 4.78 is 19.6. The number of hydrogen-bond acceptors (Lipinski definition) is 10. The minimum atomic E-state index is -0.665.